The van der Waals surface area contributed by atoms with E-state index in [0.717, 1.165) is 16.7 Å². The van der Waals surface area contributed by atoms with Gasteiger partial charge in [-0.3, -0.25) is 9.48 Å². The minimum Gasteiger partial charge on any atom is -0.497 e. The zero-order valence-corrected chi connectivity index (χ0v) is 11.0. The molecule has 2 N–H and O–H groups in total. The maximum Gasteiger partial charge on any atom is 0.277 e. The third-order valence-corrected chi connectivity index (χ3v) is 2.97. The van der Waals surface area contributed by atoms with E-state index in [1.165, 1.54) is 4.68 Å². The van der Waals surface area contributed by atoms with Crippen LogP contribution < -0.4 is 10.1 Å². The number of amides is 1. The highest BCUT2D eigenvalue weighted by Crippen LogP contribution is 2.27. The van der Waals surface area contributed by atoms with Crippen LogP contribution in [-0.2, 0) is 7.05 Å². The van der Waals surface area contributed by atoms with E-state index in [2.05, 4.69) is 20.6 Å². The molecule has 1 amide bonds. The van der Waals surface area contributed by atoms with Gasteiger partial charge in [0.15, 0.2) is 5.69 Å². The zero-order chi connectivity index (χ0) is 14.1. The molecule has 0 saturated carbocycles. The van der Waals surface area contributed by atoms with Gasteiger partial charge in [0, 0.05) is 24.1 Å². The maximum absolute atomic E-state index is 12.1. The van der Waals surface area contributed by atoms with E-state index in [0.29, 0.717) is 5.69 Å². The molecule has 7 nitrogen and oxygen atoms in total. The van der Waals surface area contributed by atoms with Gasteiger partial charge in [-0.15, -0.1) is 5.10 Å². The number of benzene rings is 1. The van der Waals surface area contributed by atoms with E-state index in [-0.39, 0.29) is 11.6 Å². The summed E-state index contributed by atoms with van der Waals surface area (Å²) in [6.07, 6.45) is 3.29. The summed E-state index contributed by atoms with van der Waals surface area (Å²) in [5.74, 6) is 0.425. The number of rotatable bonds is 3. The normalized spacial score (nSPS) is 10.7. The van der Waals surface area contributed by atoms with Crippen LogP contribution in [0.25, 0.3) is 10.9 Å². The van der Waals surface area contributed by atoms with Gasteiger partial charge in [-0.05, 0) is 18.2 Å². The van der Waals surface area contributed by atoms with Crippen LogP contribution in [-0.4, -0.2) is 33.0 Å². The smallest absolute Gasteiger partial charge is 0.277 e. The second-order valence-electron chi connectivity index (χ2n) is 4.35. The van der Waals surface area contributed by atoms with Crippen molar-refractivity contribution in [2.75, 3.05) is 12.4 Å². The first kappa shape index (κ1) is 12.2. The number of fused-ring (bicyclic) bond motifs is 1. The molecule has 0 unspecified atom stereocenters. The third-order valence-electron chi connectivity index (χ3n) is 2.97. The van der Waals surface area contributed by atoms with E-state index >= 15 is 0 Å². The number of hydrogen-bond donors (Lipinski definition) is 2. The number of nitrogens with one attached hydrogen (secondary N) is 2. The largest absolute Gasteiger partial charge is 0.497 e. The molecule has 0 saturated heterocycles. The second kappa shape index (κ2) is 4.69. The highest BCUT2D eigenvalue weighted by atomic mass is 16.5. The molecule has 2 aromatic heterocycles. The Labute approximate surface area is 114 Å². The lowest BCUT2D eigenvalue weighted by Crippen LogP contribution is -2.12. The fourth-order valence-electron chi connectivity index (χ4n) is 1.97. The summed E-state index contributed by atoms with van der Waals surface area (Å²) < 4.78 is 6.67. The number of aryl methyl sites for hydroxylation is 1. The molecular formula is C13H13N5O2. The van der Waals surface area contributed by atoms with Crippen molar-refractivity contribution in [1.29, 1.82) is 0 Å². The second-order valence-corrected chi connectivity index (χ2v) is 4.35. The first-order chi connectivity index (χ1) is 9.67. The molecule has 0 aliphatic rings. The zero-order valence-electron chi connectivity index (χ0n) is 11.0. The van der Waals surface area contributed by atoms with E-state index < -0.39 is 0 Å². The average Bonchev–Trinajstić information content (AvgIpc) is 3.05. The Morgan fingerprint density at radius 1 is 1.45 bits per heavy atom. The Balaban J connectivity index is 1.92. The first-order valence-electron chi connectivity index (χ1n) is 6.00. The van der Waals surface area contributed by atoms with E-state index in [9.17, 15) is 4.79 Å². The molecule has 1 aromatic carbocycles. The molecule has 0 radical (unpaired) electrons. The molecule has 102 valence electrons. The van der Waals surface area contributed by atoms with Crippen LogP contribution in [0.15, 0.2) is 30.6 Å². The fraction of sp³-hybridized carbons (Fsp3) is 0.154. The SMILES string of the molecule is COc1ccc2[nH]cc(NC(=O)c3cn(C)nn3)c2c1. The predicted octanol–water partition coefficient (Wildman–Crippen LogP) is 1.56. The summed E-state index contributed by atoms with van der Waals surface area (Å²) >= 11 is 0. The number of H-pyrrole nitrogens is 1. The Hall–Kier alpha value is -2.83. The lowest BCUT2D eigenvalue weighted by Gasteiger charge is -2.02. The highest BCUT2D eigenvalue weighted by Gasteiger charge is 2.13. The van der Waals surface area contributed by atoms with Gasteiger partial charge in [0.25, 0.3) is 5.91 Å². The summed E-state index contributed by atoms with van der Waals surface area (Å²) in [6.45, 7) is 0. The lowest BCUT2D eigenvalue weighted by molar-refractivity contribution is 0.102. The van der Waals surface area contributed by atoms with Crippen molar-refractivity contribution in [2.45, 2.75) is 0 Å². The number of anilines is 1. The molecular weight excluding hydrogens is 258 g/mol. The number of carbonyl (C=O) groups is 1. The van der Waals surface area contributed by atoms with Crippen LogP contribution in [0.5, 0.6) is 5.75 Å². The van der Waals surface area contributed by atoms with Crippen LogP contribution in [0, 0.1) is 0 Å². The van der Waals surface area contributed by atoms with Gasteiger partial charge in [-0.25, -0.2) is 0 Å². The third kappa shape index (κ3) is 2.09. The summed E-state index contributed by atoms with van der Waals surface area (Å²) in [5.41, 5.74) is 1.86. The molecule has 3 aromatic rings. The van der Waals surface area contributed by atoms with Gasteiger partial charge < -0.3 is 15.0 Å². The van der Waals surface area contributed by atoms with Gasteiger partial charge in [0.2, 0.25) is 0 Å². The first-order valence-corrected chi connectivity index (χ1v) is 6.00. The monoisotopic (exact) mass is 271 g/mol. The van der Waals surface area contributed by atoms with E-state index in [1.807, 2.05) is 18.2 Å². The Bertz CT molecular complexity index is 774. The summed E-state index contributed by atoms with van der Waals surface area (Å²) in [7, 11) is 3.31. The van der Waals surface area contributed by atoms with Crippen molar-refractivity contribution < 1.29 is 9.53 Å². The topological polar surface area (TPSA) is 84.8 Å². The number of nitrogens with zero attached hydrogens (tertiary/aromatic N) is 3. The van der Waals surface area contributed by atoms with Crippen molar-refractivity contribution in [3.05, 3.63) is 36.3 Å². The highest BCUT2D eigenvalue weighted by molar-refractivity contribution is 6.08. The minimum absolute atomic E-state index is 0.268. The maximum atomic E-state index is 12.1. The number of aromatic amines is 1. The van der Waals surface area contributed by atoms with Crippen molar-refractivity contribution in [3.8, 4) is 5.75 Å². The van der Waals surface area contributed by atoms with Gasteiger partial charge in [-0.1, -0.05) is 5.21 Å². The van der Waals surface area contributed by atoms with Crippen LogP contribution in [0.1, 0.15) is 10.5 Å². The minimum atomic E-state index is -0.304. The average molecular weight is 271 g/mol. The fourth-order valence-corrected chi connectivity index (χ4v) is 1.97. The molecule has 7 heteroatoms. The predicted molar refractivity (Wildman–Crippen MR) is 73.8 cm³/mol. The molecule has 0 atom stereocenters. The molecule has 0 aliphatic heterocycles. The van der Waals surface area contributed by atoms with Crippen LogP contribution >= 0.6 is 0 Å². The van der Waals surface area contributed by atoms with E-state index in [4.69, 9.17) is 4.74 Å². The van der Waals surface area contributed by atoms with Gasteiger partial charge in [0.05, 0.1) is 19.0 Å². The molecule has 0 fully saturated rings. The number of methoxy groups -OCH3 is 1. The van der Waals surface area contributed by atoms with E-state index in [1.54, 1.807) is 26.6 Å². The molecule has 0 aliphatic carbocycles. The number of aromatic nitrogens is 4. The lowest BCUT2D eigenvalue weighted by atomic mass is 10.2. The molecule has 0 spiro atoms. The number of hydrogen-bond acceptors (Lipinski definition) is 4. The van der Waals surface area contributed by atoms with Crippen molar-refractivity contribution in [3.63, 3.8) is 0 Å². The quantitative estimate of drug-likeness (QED) is 0.757. The van der Waals surface area contributed by atoms with Gasteiger partial charge in [0.1, 0.15) is 5.75 Å². The van der Waals surface area contributed by atoms with Gasteiger partial charge in [-0.2, -0.15) is 0 Å². The molecule has 20 heavy (non-hydrogen) atoms. The van der Waals surface area contributed by atoms with Crippen LogP contribution in [0.3, 0.4) is 0 Å². The molecule has 2 heterocycles. The summed E-state index contributed by atoms with van der Waals surface area (Å²) in [6, 6.07) is 5.61. The molecule has 0 bridgehead atoms. The van der Waals surface area contributed by atoms with Crippen molar-refractivity contribution in [2.24, 2.45) is 7.05 Å². The number of ether oxygens (including phenoxy) is 1. The van der Waals surface area contributed by atoms with Crippen LogP contribution in [0.2, 0.25) is 0 Å². The van der Waals surface area contributed by atoms with Crippen LogP contribution in [0.4, 0.5) is 5.69 Å². The van der Waals surface area contributed by atoms with Gasteiger partial charge >= 0.3 is 0 Å². The summed E-state index contributed by atoms with van der Waals surface area (Å²) in [5, 5.41) is 11.2. The number of carbonyl (C=O) groups excluding carboxylic acids is 1. The Kier molecular flexibility index (Phi) is 2.86. The van der Waals surface area contributed by atoms with Crippen molar-refractivity contribution >= 4 is 22.5 Å². The summed E-state index contributed by atoms with van der Waals surface area (Å²) in [4.78, 5) is 15.1. The Morgan fingerprint density at radius 3 is 3.00 bits per heavy atom. The molecule has 3 rings (SSSR count). The van der Waals surface area contributed by atoms with Crippen molar-refractivity contribution in [1.82, 2.24) is 20.0 Å². The standard InChI is InChI=1S/C13H13N5O2/c1-18-7-12(16-17-18)13(19)15-11-6-14-10-4-3-8(20-2)5-9(10)11/h3-7,14H,1-2H3,(H,15,19). The Morgan fingerprint density at radius 2 is 2.30 bits per heavy atom.